The van der Waals surface area contributed by atoms with E-state index in [1.807, 2.05) is 26.8 Å². The lowest BCUT2D eigenvalue weighted by Gasteiger charge is -2.28. The third kappa shape index (κ3) is 3.23. The molecule has 0 fully saturated rings. The predicted octanol–water partition coefficient (Wildman–Crippen LogP) is 3.60. The standard InChI is InChI=1S/C12H16BrFN2/c1-8(15)11(13)12(2,3)16-10-6-4-5-9(14)7-10/h4-7,16H,15H2,1-3H3/b11-8+. The van der Waals surface area contributed by atoms with E-state index in [4.69, 9.17) is 5.73 Å². The van der Waals surface area contributed by atoms with Gasteiger partial charge in [0.15, 0.2) is 0 Å². The Morgan fingerprint density at radius 3 is 2.56 bits per heavy atom. The summed E-state index contributed by atoms with van der Waals surface area (Å²) in [4.78, 5) is 0. The fraction of sp³-hybridized carbons (Fsp3) is 0.333. The van der Waals surface area contributed by atoms with Gasteiger partial charge >= 0.3 is 0 Å². The van der Waals surface area contributed by atoms with E-state index in [1.54, 1.807) is 6.07 Å². The van der Waals surface area contributed by atoms with E-state index in [-0.39, 0.29) is 11.4 Å². The van der Waals surface area contributed by atoms with Gasteiger partial charge in [-0.25, -0.2) is 4.39 Å². The predicted molar refractivity (Wildman–Crippen MR) is 69.9 cm³/mol. The molecule has 0 unspecified atom stereocenters. The van der Waals surface area contributed by atoms with Crippen LogP contribution >= 0.6 is 15.9 Å². The molecule has 2 nitrogen and oxygen atoms in total. The van der Waals surface area contributed by atoms with Crippen LogP contribution in [0.15, 0.2) is 34.4 Å². The maximum atomic E-state index is 13.0. The first-order valence-electron chi connectivity index (χ1n) is 4.99. The summed E-state index contributed by atoms with van der Waals surface area (Å²) in [5, 5.41) is 3.22. The first kappa shape index (κ1) is 13.0. The van der Waals surface area contributed by atoms with Gasteiger partial charge in [0.1, 0.15) is 5.82 Å². The van der Waals surface area contributed by atoms with E-state index in [9.17, 15) is 4.39 Å². The summed E-state index contributed by atoms with van der Waals surface area (Å²) in [5.41, 5.74) is 6.78. The van der Waals surface area contributed by atoms with Gasteiger partial charge in [0, 0.05) is 15.9 Å². The second-order valence-electron chi connectivity index (χ2n) is 4.26. The molecule has 3 N–H and O–H groups in total. The molecule has 1 rings (SSSR count). The Morgan fingerprint density at radius 2 is 2.06 bits per heavy atom. The third-order valence-electron chi connectivity index (χ3n) is 2.18. The highest BCUT2D eigenvalue weighted by Crippen LogP contribution is 2.28. The molecular formula is C12H16BrFN2. The topological polar surface area (TPSA) is 38.0 Å². The molecule has 0 aliphatic heterocycles. The van der Waals surface area contributed by atoms with Crippen LogP contribution in [-0.4, -0.2) is 5.54 Å². The third-order valence-corrected chi connectivity index (χ3v) is 3.79. The fourth-order valence-electron chi connectivity index (χ4n) is 1.47. The van der Waals surface area contributed by atoms with Crippen LogP contribution in [0.2, 0.25) is 0 Å². The summed E-state index contributed by atoms with van der Waals surface area (Å²) >= 11 is 3.44. The molecule has 0 spiro atoms. The van der Waals surface area contributed by atoms with Crippen molar-refractivity contribution < 1.29 is 4.39 Å². The van der Waals surface area contributed by atoms with Crippen molar-refractivity contribution in [2.45, 2.75) is 26.3 Å². The van der Waals surface area contributed by atoms with E-state index >= 15 is 0 Å². The molecule has 0 aliphatic rings. The summed E-state index contributed by atoms with van der Waals surface area (Å²) in [6.45, 7) is 5.76. The Hall–Kier alpha value is -1.03. The van der Waals surface area contributed by atoms with E-state index < -0.39 is 0 Å². The minimum Gasteiger partial charge on any atom is -0.402 e. The lowest BCUT2D eigenvalue weighted by Crippen LogP contribution is -2.32. The van der Waals surface area contributed by atoms with Crippen molar-refractivity contribution in [3.8, 4) is 0 Å². The number of benzene rings is 1. The van der Waals surface area contributed by atoms with E-state index in [2.05, 4.69) is 21.2 Å². The Labute approximate surface area is 104 Å². The largest absolute Gasteiger partial charge is 0.402 e. The van der Waals surface area contributed by atoms with Gasteiger partial charge in [-0.15, -0.1) is 0 Å². The first-order chi connectivity index (χ1) is 7.33. The van der Waals surface area contributed by atoms with E-state index in [1.165, 1.54) is 12.1 Å². The van der Waals surface area contributed by atoms with Gasteiger partial charge in [0.25, 0.3) is 0 Å². The summed E-state index contributed by atoms with van der Waals surface area (Å²) in [6.07, 6.45) is 0. The number of nitrogens with two attached hydrogens (primary N) is 1. The molecular weight excluding hydrogens is 271 g/mol. The maximum absolute atomic E-state index is 13.0. The molecule has 0 saturated carbocycles. The van der Waals surface area contributed by atoms with Gasteiger partial charge in [-0.2, -0.15) is 0 Å². The summed E-state index contributed by atoms with van der Waals surface area (Å²) in [6, 6.07) is 6.35. The molecule has 0 saturated heterocycles. The molecule has 1 aromatic carbocycles. The summed E-state index contributed by atoms with van der Waals surface area (Å²) < 4.78 is 13.9. The van der Waals surface area contributed by atoms with Crippen molar-refractivity contribution in [2.75, 3.05) is 5.32 Å². The Bertz CT molecular complexity index is 409. The van der Waals surface area contributed by atoms with E-state index in [0.29, 0.717) is 5.70 Å². The molecule has 16 heavy (non-hydrogen) atoms. The fourth-order valence-corrected chi connectivity index (χ4v) is 1.57. The van der Waals surface area contributed by atoms with Crippen molar-refractivity contribution in [1.29, 1.82) is 0 Å². The first-order valence-corrected chi connectivity index (χ1v) is 5.78. The molecule has 0 amide bonds. The summed E-state index contributed by atoms with van der Waals surface area (Å²) in [5.74, 6) is -0.259. The van der Waals surface area contributed by atoms with Gasteiger partial charge in [-0.05, 0) is 39.0 Å². The monoisotopic (exact) mass is 286 g/mol. The van der Waals surface area contributed by atoms with Crippen molar-refractivity contribution >= 4 is 21.6 Å². The molecule has 0 aliphatic carbocycles. The van der Waals surface area contributed by atoms with Crippen LogP contribution in [0.3, 0.4) is 0 Å². The van der Waals surface area contributed by atoms with Crippen LogP contribution < -0.4 is 11.1 Å². The molecule has 0 bridgehead atoms. The minimum absolute atomic E-state index is 0.259. The zero-order valence-electron chi connectivity index (χ0n) is 9.64. The highest BCUT2D eigenvalue weighted by Gasteiger charge is 2.22. The molecule has 0 atom stereocenters. The normalized spacial score (nSPS) is 13.3. The zero-order valence-corrected chi connectivity index (χ0v) is 11.2. The number of hydrogen-bond donors (Lipinski definition) is 2. The van der Waals surface area contributed by atoms with Crippen molar-refractivity contribution in [3.63, 3.8) is 0 Å². The van der Waals surface area contributed by atoms with Crippen molar-refractivity contribution in [2.24, 2.45) is 5.73 Å². The second kappa shape index (κ2) is 4.87. The maximum Gasteiger partial charge on any atom is 0.125 e. The van der Waals surface area contributed by atoms with Gasteiger partial charge in [-0.3, -0.25) is 0 Å². The Balaban J connectivity index is 2.93. The number of allylic oxidation sites excluding steroid dienone is 1. The van der Waals surface area contributed by atoms with Crippen LogP contribution in [0.25, 0.3) is 0 Å². The average molecular weight is 287 g/mol. The molecule has 88 valence electrons. The second-order valence-corrected chi connectivity index (χ2v) is 5.05. The average Bonchev–Trinajstić information content (AvgIpc) is 2.15. The van der Waals surface area contributed by atoms with Crippen LogP contribution in [0.1, 0.15) is 20.8 Å². The summed E-state index contributed by atoms with van der Waals surface area (Å²) in [7, 11) is 0. The lowest BCUT2D eigenvalue weighted by molar-refractivity contribution is 0.626. The number of nitrogens with one attached hydrogen (secondary N) is 1. The highest BCUT2D eigenvalue weighted by molar-refractivity contribution is 9.11. The van der Waals surface area contributed by atoms with E-state index in [0.717, 1.165) is 10.2 Å². The van der Waals surface area contributed by atoms with Crippen LogP contribution in [-0.2, 0) is 0 Å². The van der Waals surface area contributed by atoms with Gasteiger partial charge in [0.05, 0.1) is 5.54 Å². The molecule has 0 radical (unpaired) electrons. The van der Waals surface area contributed by atoms with Gasteiger partial charge in [-0.1, -0.05) is 22.0 Å². The van der Waals surface area contributed by atoms with Gasteiger partial charge < -0.3 is 11.1 Å². The smallest absolute Gasteiger partial charge is 0.125 e. The molecule has 0 heterocycles. The van der Waals surface area contributed by atoms with Crippen molar-refractivity contribution in [1.82, 2.24) is 0 Å². The molecule has 4 heteroatoms. The zero-order chi connectivity index (χ0) is 12.3. The van der Waals surface area contributed by atoms with Crippen LogP contribution in [0.4, 0.5) is 10.1 Å². The number of halogens is 2. The quantitative estimate of drug-likeness (QED) is 0.891. The lowest BCUT2D eigenvalue weighted by atomic mass is 10.0. The Kier molecular flexibility index (Phi) is 3.97. The number of hydrogen-bond acceptors (Lipinski definition) is 2. The number of rotatable bonds is 3. The highest BCUT2D eigenvalue weighted by atomic mass is 79.9. The van der Waals surface area contributed by atoms with Crippen LogP contribution in [0.5, 0.6) is 0 Å². The van der Waals surface area contributed by atoms with Crippen LogP contribution in [0, 0.1) is 5.82 Å². The Morgan fingerprint density at radius 1 is 1.44 bits per heavy atom. The minimum atomic E-state index is -0.368. The SMILES string of the molecule is C/C(N)=C(\Br)C(C)(C)Nc1cccc(F)c1. The number of anilines is 1. The molecule has 0 aromatic heterocycles. The van der Waals surface area contributed by atoms with Gasteiger partial charge in [0.2, 0.25) is 0 Å². The van der Waals surface area contributed by atoms with Crippen molar-refractivity contribution in [3.05, 3.63) is 40.3 Å². The molecule has 1 aromatic rings.